The van der Waals surface area contributed by atoms with E-state index in [9.17, 15) is 9.18 Å². The van der Waals surface area contributed by atoms with Crippen molar-refractivity contribution in [1.29, 1.82) is 0 Å². The summed E-state index contributed by atoms with van der Waals surface area (Å²) in [4.78, 5) is 14.1. The number of anilines is 1. The minimum atomic E-state index is -0.365. The summed E-state index contributed by atoms with van der Waals surface area (Å²) in [5.41, 5.74) is 0.466. The fourth-order valence-corrected chi connectivity index (χ4v) is 2.31. The van der Waals surface area contributed by atoms with Gasteiger partial charge in [-0.2, -0.15) is 0 Å². The molecule has 1 aliphatic heterocycles. The molecule has 1 heterocycles. The highest BCUT2D eigenvalue weighted by molar-refractivity contribution is 5.92. The van der Waals surface area contributed by atoms with Crippen LogP contribution in [0.4, 0.5) is 10.1 Å². The van der Waals surface area contributed by atoms with Crippen molar-refractivity contribution in [2.24, 2.45) is 0 Å². The number of nitrogens with zero attached hydrogens (tertiary/aromatic N) is 1. The summed E-state index contributed by atoms with van der Waals surface area (Å²) < 4.78 is 18.6. The first kappa shape index (κ1) is 15.9. The van der Waals surface area contributed by atoms with Gasteiger partial charge in [0, 0.05) is 25.3 Å². The second-order valence-corrected chi connectivity index (χ2v) is 5.08. The van der Waals surface area contributed by atoms with Crippen LogP contribution in [0.25, 0.3) is 0 Å². The van der Waals surface area contributed by atoms with Gasteiger partial charge < -0.3 is 15.4 Å². The van der Waals surface area contributed by atoms with Gasteiger partial charge in [0.25, 0.3) is 0 Å². The Morgan fingerprint density at radius 3 is 3.14 bits per heavy atom. The molecule has 1 atom stereocenters. The molecule has 5 nitrogen and oxygen atoms in total. The molecule has 0 radical (unpaired) electrons. The topological polar surface area (TPSA) is 53.6 Å². The van der Waals surface area contributed by atoms with Crippen LogP contribution >= 0.6 is 0 Å². The van der Waals surface area contributed by atoms with Crippen LogP contribution in [0.5, 0.6) is 0 Å². The summed E-state index contributed by atoms with van der Waals surface area (Å²) in [5.74, 6) is -0.556. The lowest BCUT2D eigenvalue weighted by Crippen LogP contribution is -2.47. The van der Waals surface area contributed by atoms with Gasteiger partial charge in [0.15, 0.2) is 0 Å². The van der Waals surface area contributed by atoms with Gasteiger partial charge in [-0.15, -0.1) is 0 Å². The van der Waals surface area contributed by atoms with E-state index in [1.165, 1.54) is 12.1 Å². The van der Waals surface area contributed by atoms with E-state index in [0.717, 1.165) is 26.2 Å². The Hall–Kier alpha value is -1.50. The van der Waals surface area contributed by atoms with Crippen molar-refractivity contribution >= 4 is 11.6 Å². The lowest BCUT2D eigenvalue weighted by molar-refractivity contribution is -0.115. The number of halogens is 1. The van der Waals surface area contributed by atoms with Gasteiger partial charge >= 0.3 is 0 Å². The number of benzene rings is 1. The number of rotatable bonds is 6. The van der Waals surface area contributed by atoms with Crippen LogP contribution in [0.1, 0.15) is 6.92 Å². The normalized spacial score (nSPS) is 19.4. The van der Waals surface area contributed by atoms with E-state index in [2.05, 4.69) is 22.5 Å². The summed E-state index contributed by atoms with van der Waals surface area (Å²) in [5, 5.41) is 5.72. The fraction of sp³-hybridized carbons (Fsp3) is 0.533. The largest absolute Gasteiger partial charge is 0.374 e. The molecule has 1 saturated heterocycles. The molecule has 2 rings (SSSR count). The van der Waals surface area contributed by atoms with Gasteiger partial charge in [-0.3, -0.25) is 9.69 Å². The van der Waals surface area contributed by atoms with E-state index < -0.39 is 0 Å². The summed E-state index contributed by atoms with van der Waals surface area (Å²) in [7, 11) is 0. The number of carbonyl (C=O) groups excluding carboxylic acids is 1. The molecule has 1 aliphatic rings. The SMILES string of the molecule is CCN1CCOC(CNCC(=O)Nc2cccc(F)c2)C1. The molecule has 1 unspecified atom stereocenters. The van der Waals surface area contributed by atoms with E-state index in [-0.39, 0.29) is 24.4 Å². The first-order valence-corrected chi connectivity index (χ1v) is 7.27. The van der Waals surface area contributed by atoms with Crippen molar-refractivity contribution in [3.63, 3.8) is 0 Å². The van der Waals surface area contributed by atoms with Crippen molar-refractivity contribution in [1.82, 2.24) is 10.2 Å². The van der Waals surface area contributed by atoms with Gasteiger partial charge in [-0.25, -0.2) is 4.39 Å². The van der Waals surface area contributed by atoms with Gasteiger partial charge in [0.1, 0.15) is 5.82 Å². The van der Waals surface area contributed by atoms with Crippen molar-refractivity contribution in [3.05, 3.63) is 30.1 Å². The summed E-state index contributed by atoms with van der Waals surface area (Å²) in [6, 6.07) is 5.85. The zero-order valence-corrected chi connectivity index (χ0v) is 12.3. The molecule has 0 aromatic heterocycles. The molecule has 2 N–H and O–H groups in total. The highest BCUT2D eigenvalue weighted by atomic mass is 19.1. The Kier molecular flexibility index (Phi) is 6.10. The molecule has 0 saturated carbocycles. The third-order valence-corrected chi connectivity index (χ3v) is 3.44. The third-order valence-electron chi connectivity index (χ3n) is 3.44. The molecule has 21 heavy (non-hydrogen) atoms. The Morgan fingerprint density at radius 2 is 2.38 bits per heavy atom. The maximum absolute atomic E-state index is 13.0. The van der Waals surface area contributed by atoms with Crippen molar-refractivity contribution in [3.8, 4) is 0 Å². The van der Waals surface area contributed by atoms with Crippen molar-refractivity contribution < 1.29 is 13.9 Å². The Balaban J connectivity index is 1.67. The molecule has 0 bridgehead atoms. The van der Waals surface area contributed by atoms with Crippen molar-refractivity contribution in [2.45, 2.75) is 13.0 Å². The lowest BCUT2D eigenvalue weighted by atomic mass is 10.2. The number of ether oxygens (including phenoxy) is 1. The number of morpholine rings is 1. The van der Waals surface area contributed by atoms with Gasteiger partial charge in [-0.1, -0.05) is 13.0 Å². The summed E-state index contributed by atoms with van der Waals surface area (Å²) in [6.45, 7) is 6.54. The van der Waals surface area contributed by atoms with Crippen LogP contribution in [-0.2, 0) is 9.53 Å². The van der Waals surface area contributed by atoms with Gasteiger partial charge in [-0.05, 0) is 24.7 Å². The number of likely N-dealkylation sites (N-methyl/N-ethyl adjacent to an activating group) is 1. The van der Waals surface area contributed by atoms with Crippen LogP contribution in [0.15, 0.2) is 24.3 Å². The summed E-state index contributed by atoms with van der Waals surface area (Å²) >= 11 is 0. The second-order valence-electron chi connectivity index (χ2n) is 5.08. The highest BCUT2D eigenvalue weighted by Gasteiger charge is 2.18. The predicted octanol–water partition coefficient (Wildman–Crippen LogP) is 1.07. The van der Waals surface area contributed by atoms with Crippen LogP contribution in [0.3, 0.4) is 0 Å². The predicted molar refractivity (Wildman–Crippen MR) is 79.8 cm³/mol. The standard InChI is InChI=1S/C15H22FN3O2/c1-2-19-6-7-21-14(11-19)9-17-10-15(20)18-13-5-3-4-12(16)8-13/h3-5,8,14,17H,2,6-7,9-11H2,1H3,(H,18,20). The van der Waals surface area contributed by atoms with Crippen molar-refractivity contribution in [2.75, 3.05) is 44.6 Å². The number of hydrogen-bond donors (Lipinski definition) is 2. The molecule has 6 heteroatoms. The zero-order chi connectivity index (χ0) is 15.1. The maximum atomic E-state index is 13.0. The first-order valence-electron chi connectivity index (χ1n) is 7.27. The molecule has 1 aromatic rings. The van der Waals surface area contributed by atoms with Crippen LogP contribution in [0.2, 0.25) is 0 Å². The smallest absolute Gasteiger partial charge is 0.238 e. The molecule has 116 valence electrons. The number of carbonyl (C=O) groups is 1. The Morgan fingerprint density at radius 1 is 1.52 bits per heavy atom. The molecular formula is C15H22FN3O2. The van der Waals surface area contributed by atoms with E-state index in [1.807, 2.05) is 0 Å². The number of amides is 1. The minimum Gasteiger partial charge on any atom is -0.374 e. The molecule has 1 aromatic carbocycles. The Bertz CT molecular complexity index is 470. The second kappa shape index (κ2) is 8.07. The first-order chi connectivity index (χ1) is 10.2. The molecule has 0 spiro atoms. The van der Waals surface area contributed by atoms with E-state index in [1.54, 1.807) is 12.1 Å². The monoisotopic (exact) mass is 295 g/mol. The average molecular weight is 295 g/mol. The number of nitrogens with one attached hydrogen (secondary N) is 2. The molecule has 1 amide bonds. The number of hydrogen-bond acceptors (Lipinski definition) is 4. The van der Waals surface area contributed by atoms with E-state index in [4.69, 9.17) is 4.74 Å². The zero-order valence-electron chi connectivity index (χ0n) is 12.3. The van der Waals surface area contributed by atoms with Crippen LogP contribution < -0.4 is 10.6 Å². The van der Waals surface area contributed by atoms with Crippen LogP contribution in [0, 0.1) is 5.82 Å². The maximum Gasteiger partial charge on any atom is 0.238 e. The lowest BCUT2D eigenvalue weighted by Gasteiger charge is -2.32. The van der Waals surface area contributed by atoms with E-state index in [0.29, 0.717) is 12.2 Å². The highest BCUT2D eigenvalue weighted by Crippen LogP contribution is 2.08. The Labute approximate surface area is 124 Å². The molecule has 0 aliphatic carbocycles. The average Bonchev–Trinajstić information content (AvgIpc) is 2.47. The van der Waals surface area contributed by atoms with E-state index >= 15 is 0 Å². The quantitative estimate of drug-likeness (QED) is 0.824. The minimum absolute atomic E-state index is 0.112. The van der Waals surface area contributed by atoms with Gasteiger partial charge in [0.2, 0.25) is 5.91 Å². The molecular weight excluding hydrogens is 273 g/mol. The van der Waals surface area contributed by atoms with Crippen LogP contribution in [-0.4, -0.2) is 56.2 Å². The van der Waals surface area contributed by atoms with Gasteiger partial charge in [0.05, 0.1) is 19.3 Å². The fourth-order valence-electron chi connectivity index (χ4n) is 2.31. The third kappa shape index (κ3) is 5.41. The molecule has 1 fully saturated rings. The summed E-state index contributed by atoms with van der Waals surface area (Å²) in [6.07, 6.45) is 0.112.